The summed E-state index contributed by atoms with van der Waals surface area (Å²) in [5.74, 6) is -0.499. The Balaban J connectivity index is 3.18. The van der Waals surface area contributed by atoms with Crippen LogP contribution in [0.2, 0.25) is 0 Å². The fourth-order valence-corrected chi connectivity index (χ4v) is 0.424. The van der Waals surface area contributed by atoms with E-state index in [0.717, 1.165) is 12.8 Å². The van der Waals surface area contributed by atoms with E-state index in [0.29, 0.717) is 6.61 Å². The Labute approximate surface area is 66.5 Å². The van der Waals surface area contributed by atoms with Gasteiger partial charge in [-0.1, -0.05) is 13.3 Å². The van der Waals surface area contributed by atoms with Crippen molar-refractivity contribution in [2.24, 2.45) is 0 Å². The summed E-state index contributed by atoms with van der Waals surface area (Å²) < 4.78 is 0. The van der Waals surface area contributed by atoms with Crippen molar-refractivity contribution < 1.29 is 14.7 Å². The molecule has 0 fully saturated rings. The Bertz CT molecular complexity index is 114. The van der Waals surface area contributed by atoms with Crippen LogP contribution in [-0.2, 0) is 9.63 Å². The van der Waals surface area contributed by atoms with Gasteiger partial charge < -0.3 is 5.11 Å². The topological polar surface area (TPSA) is 58.6 Å². The average molecular weight is 161 g/mol. The fraction of sp³-hybridized carbons (Fsp3) is 0.857. The molecule has 66 valence electrons. The molecule has 0 bridgehead atoms. The van der Waals surface area contributed by atoms with Crippen LogP contribution >= 0.6 is 0 Å². The van der Waals surface area contributed by atoms with Crippen LogP contribution in [0, 0.1) is 0 Å². The minimum absolute atomic E-state index is 0.495. The van der Waals surface area contributed by atoms with Crippen molar-refractivity contribution in [3.8, 4) is 0 Å². The molecular formula is C7H15NO3. The lowest BCUT2D eigenvalue weighted by Gasteiger charge is -2.05. The van der Waals surface area contributed by atoms with E-state index in [-0.39, 0.29) is 0 Å². The molecule has 4 nitrogen and oxygen atoms in total. The number of rotatable bonds is 5. The first-order valence-corrected chi connectivity index (χ1v) is 3.78. The molecule has 0 radical (unpaired) electrons. The minimum atomic E-state index is -1.00. The van der Waals surface area contributed by atoms with Gasteiger partial charge >= 0.3 is 0 Å². The van der Waals surface area contributed by atoms with E-state index in [9.17, 15) is 4.79 Å². The van der Waals surface area contributed by atoms with E-state index >= 15 is 0 Å². The molecule has 0 saturated carbocycles. The van der Waals surface area contributed by atoms with Gasteiger partial charge in [0.15, 0.2) is 0 Å². The Morgan fingerprint density at radius 1 is 1.73 bits per heavy atom. The summed E-state index contributed by atoms with van der Waals surface area (Å²) >= 11 is 0. The molecule has 0 spiro atoms. The highest BCUT2D eigenvalue weighted by molar-refractivity contribution is 5.78. The quantitative estimate of drug-likeness (QED) is 0.448. The van der Waals surface area contributed by atoms with E-state index in [2.05, 4.69) is 5.48 Å². The number of hydrogen-bond donors (Lipinski definition) is 2. The van der Waals surface area contributed by atoms with Crippen molar-refractivity contribution in [1.82, 2.24) is 5.48 Å². The van der Waals surface area contributed by atoms with Crippen LogP contribution in [0.25, 0.3) is 0 Å². The Kier molecular flexibility index (Phi) is 5.78. The molecular weight excluding hydrogens is 146 g/mol. The standard InChI is InChI=1S/C7H15NO3/c1-3-4-5-11-8-7(10)6(2)9/h6,9H,3-5H2,1-2H3,(H,8,10). The SMILES string of the molecule is CCCCONC(=O)C(C)O. The van der Waals surface area contributed by atoms with E-state index in [4.69, 9.17) is 9.94 Å². The third-order valence-electron chi connectivity index (χ3n) is 1.15. The first kappa shape index (κ1) is 10.4. The van der Waals surface area contributed by atoms with E-state index in [1.165, 1.54) is 6.92 Å². The molecule has 1 atom stereocenters. The van der Waals surface area contributed by atoms with Crippen LogP contribution in [0.3, 0.4) is 0 Å². The molecule has 0 aromatic rings. The number of unbranched alkanes of at least 4 members (excludes halogenated alkanes) is 1. The molecule has 0 heterocycles. The predicted molar refractivity (Wildman–Crippen MR) is 40.7 cm³/mol. The van der Waals surface area contributed by atoms with Crippen LogP contribution < -0.4 is 5.48 Å². The molecule has 0 aromatic heterocycles. The normalized spacial score (nSPS) is 12.6. The number of hydrogen-bond acceptors (Lipinski definition) is 3. The number of carbonyl (C=O) groups excluding carboxylic acids is 1. The Hall–Kier alpha value is -0.610. The van der Waals surface area contributed by atoms with Gasteiger partial charge in [-0.3, -0.25) is 9.63 Å². The van der Waals surface area contributed by atoms with E-state index < -0.39 is 12.0 Å². The average Bonchev–Trinajstić information content (AvgIpc) is 1.97. The lowest BCUT2D eigenvalue weighted by Crippen LogP contribution is -2.32. The third kappa shape index (κ3) is 5.82. The summed E-state index contributed by atoms with van der Waals surface area (Å²) in [7, 11) is 0. The van der Waals surface area contributed by atoms with Gasteiger partial charge in [-0.15, -0.1) is 0 Å². The summed E-state index contributed by atoms with van der Waals surface area (Å²) in [5, 5.41) is 8.69. The monoisotopic (exact) mass is 161 g/mol. The maximum absolute atomic E-state index is 10.6. The lowest BCUT2D eigenvalue weighted by atomic mass is 10.4. The summed E-state index contributed by atoms with van der Waals surface area (Å²) in [6, 6.07) is 0. The molecule has 0 aliphatic carbocycles. The highest BCUT2D eigenvalue weighted by Gasteiger charge is 2.06. The van der Waals surface area contributed by atoms with Crippen LogP contribution in [0.1, 0.15) is 26.7 Å². The molecule has 0 aliphatic rings. The van der Waals surface area contributed by atoms with Crippen molar-refractivity contribution >= 4 is 5.91 Å². The van der Waals surface area contributed by atoms with E-state index in [1.807, 2.05) is 6.92 Å². The summed E-state index contributed by atoms with van der Waals surface area (Å²) in [6.07, 6.45) is 0.918. The summed E-state index contributed by atoms with van der Waals surface area (Å²) in [6.45, 7) is 3.91. The van der Waals surface area contributed by atoms with Crippen molar-refractivity contribution in [1.29, 1.82) is 0 Å². The highest BCUT2D eigenvalue weighted by atomic mass is 16.7. The maximum atomic E-state index is 10.6. The molecule has 0 saturated heterocycles. The molecule has 0 rings (SSSR count). The molecule has 0 aromatic carbocycles. The van der Waals surface area contributed by atoms with Gasteiger partial charge in [-0.05, 0) is 13.3 Å². The van der Waals surface area contributed by atoms with Gasteiger partial charge in [0, 0.05) is 0 Å². The fourth-order valence-electron chi connectivity index (χ4n) is 0.424. The van der Waals surface area contributed by atoms with Crippen LogP contribution in [0.15, 0.2) is 0 Å². The van der Waals surface area contributed by atoms with Gasteiger partial charge in [-0.25, -0.2) is 5.48 Å². The second kappa shape index (κ2) is 6.12. The first-order chi connectivity index (χ1) is 5.18. The lowest BCUT2D eigenvalue weighted by molar-refractivity contribution is -0.141. The number of hydroxylamine groups is 1. The zero-order valence-corrected chi connectivity index (χ0v) is 6.96. The summed E-state index contributed by atoms with van der Waals surface area (Å²) in [5.41, 5.74) is 2.13. The van der Waals surface area contributed by atoms with Gasteiger partial charge in [-0.2, -0.15) is 0 Å². The van der Waals surface area contributed by atoms with Crippen molar-refractivity contribution in [2.75, 3.05) is 6.61 Å². The summed E-state index contributed by atoms with van der Waals surface area (Å²) in [4.78, 5) is 15.4. The molecule has 0 aliphatic heterocycles. The number of amides is 1. The number of nitrogens with one attached hydrogen (secondary N) is 1. The van der Waals surface area contributed by atoms with E-state index in [1.54, 1.807) is 0 Å². The minimum Gasteiger partial charge on any atom is -0.383 e. The van der Waals surface area contributed by atoms with Crippen LogP contribution in [0.4, 0.5) is 0 Å². The molecule has 11 heavy (non-hydrogen) atoms. The molecule has 1 unspecified atom stereocenters. The van der Waals surface area contributed by atoms with Gasteiger partial charge in [0.2, 0.25) is 0 Å². The zero-order valence-electron chi connectivity index (χ0n) is 6.96. The largest absolute Gasteiger partial charge is 0.383 e. The molecule has 2 N–H and O–H groups in total. The van der Waals surface area contributed by atoms with Crippen molar-refractivity contribution in [3.63, 3.8) is 0 Å². The smallest absolute Gasteiger partial charge is 0.272 e. The first-order valence-electron chi connectivity index (χ1n) is 3.78. The number of carbonyl (C=O) groups is 1. The van der Waals surface area contributed by atoms with Crippen LogP contribution in [-0.4, -0.2) is 23.7 Å². The van der Waals surface area contributed by atoms with Gasteiger partial charge in [0.1, 0.15) is 6.10 Å². The Morgan fingerprint density at radius 3 is 2.82 bits per heavy atom. The molecule has 4 heteroatoms. The van der Waals surface area contributed by atoms with Gasteiger partial charge in [0.25, 0.3) is 5.91 Å². The third-order valence-corrected chi connectivity index (χ3v) is 1.15. The highest BCUT2D eigenvalue weighted by Crippen LogP contribution is 1.86. The van der Waals surface area contributed by atoms with Gasteiger partial charge in [0.05, 0.1) is 6.61 Å². The maximum Gasteiger partial charge on any atom is 0.272 e. The molecule has 1 amide bonds. The van der Waals surface area contributed by atoms with Crippen molar-refractivity contribution in [2.45, 2.75) is 32.8 Å². The number of aliphatic hydroxyl groups excluding tert-OH is 1. The second-order valence-electron chi connectivity index (χ2n) is 2.34. The van der Waals surface area contributed by atoms with Crippen LogP contribution in [0.5, 0.6) is 0 Å². The Morgan fingerprint density at radius 2 is 2.36 bits per heavy atom. The number of aliphatic hydroxyl groups is 1. The second-order valence-corrected chi connectivity index (χ2v) is 2.34. The predicted octanol–water partition coefficient (Wildman–Crippen LogP) is 0.215. The van der Waals surface area contributed by atoms with Crippen molar-refractivity contribution in [3.05, 3.63) is 0 Å². The zero-order chi connectivity index (χ0) is 8.69.